The zero-order valence-electron chi connectivity index (χ0n) is 18.1. The Morgan fingerprint density at radius 3 is 2.47 bits per heavy atom. The Kier molecular flexibility index (Phi) is 5.39. The molecule has 1 fully saturated rings. The molecule has 6 nitrogen and oxygen atoms in total. The Hall–Kier alpha value is -3.61. The van der Waals surface area contributed by atoms with Gasteiger partial charge in [0.25, 0.3) is 0 Å². The molecule has 5 rings (SSSR count). The number of hydrogen-bond acceptors (Lipinski definition) is 4. The fraction of sp³-hybridized carbons (Fsp3) is 0.280. The van der Waals surface area contributed by atoms with Crippen molar-refractivity contribution in [3.8, 4) is 5.69 Å². The van der Waals surface area contributed by atoms with Crippen molar-refractivity contribution in [2.45, 2.75) is 19.8 Å². The van der Waals surface area contributed by atoms with Gasteiger partial charge in [0.1, 0.15) is 17.3 Å². The first kappa shape index (κ1) is 20.3. The quantitative estimate of drug-likeness (QED) is 0.364. The van der Waals surface area contributed by atoms with Crippen LogP contribution < -0.4 is 14.9 Å². The highest BCUT2D eigenvalue weighted by Gasteiger charge is 2.21. The summed E-state index contributed by atoms with van der Waals surface area (Å²) in [6.07, 6.45) is 5.44. The SMILES string of the molecule is Cc1cc(NCC2CCN(c3cc[n+](O)cc3)CC2)n(-c2cc3ccccc3cc2F)n1. The summed E-state index contributed by atoms with van der Waals surface area (Å²) in [6, 6.07) is 17.0. The van der Waals surface area contributed by atoms with Crippen molar-refractivity contribution in [1.29, 1.82) is 0 Å². The summed E-state index contributed by atoms with van der Waals surface area (Å²) >= 11 is 0. The smallest absolute Gasteiger partial charge is 0.224 e. The van der Waals surface area contributed by atoms with Crippen molar-refractivity contribution in [3.05, 3.63) is 78.5 Å². The van der Waals surface area contributed by atoms with E-state index in [1.807, 2.05) is 55.5 Å². The van der Waals surface area contributed by atoms with Crippen LogP contribution in [0.3, 0.4) is 0 Å². The van der Waals surface area contributed by atoms with Gasteiger partial charge in [0.15, 0.2) is 0 Å². The van der Waals surface area contributed by atoms with Crippen molar-refractivity contribution in [2.75, 3.05) is 29.9 Å². The number of halogens is 1. The van der Waals surface area contributed by atoms with E-state index < -0.39 is 0 Å². The van der Waals surface area contributed by atoms with E-state index in [1.54, 1.807) is 23.1 Å². The van der Waals surface area contributed by atoms with Gasteiger partial charge in [-0.1, -0.05) is 24.3 Å². The summed E-state index contributed by atoms with van der Waals surface area (Å²) in [4.78, 5) is 2.34. The van der Waals surface area contributed by atoms with Gasteiger partial charge < -0.3 is 10.2 Å². The fourth-order valence-corrected chi connectivity index (χ4v) is 4.44. The normalized spacial score (nSPS) is 14.8. The van der Waals surface area contributed by atoms with Crippen LogP contribution in [0.15, 0.2) is 67.0 Å². The topological polar surface area (TPSA) is 57.2 Å². The monoisotopic (exact) mass is 432 g/mol. The van der Waals surface area contributed by atoms with Gasteiger partial charge in [0, 0.05) is 48.3 Å². The van der Waals surface area contributed by atoms with Crippen molar-refractivity contribution in [2.24, 2.45) is 5.92 Å². The molecule has 2 N–H and O–H groups in total. The molecule has 4 aromatic rings. The van der Waals surface area contributed by atoms with Gasteiger partial charge in [-0.2, -0.15) is 5.10 Å². The molecule has 0 bridgehead atoms. The van der Waals surface area contributed by atoms with E-state index in [-0.39, 0.29) is 5.82 Å². The number of piperidine rings is 1. The van der Waals surface area contributed by atoms with E-state index in [1.165, 1.54) is 0 Å². The van der Waals surface area contributed by atoms with Crippen LogP contribution in [0.2, 0.25) is 0 Å². The summed E-state index contributed by atoms with van der Waals surface area (Å²) in [5, 5.41) is 19.4. The molecular weight excluding hydrogens is 405 g/mol. The summed E-state index contributed by atoms with van der Waals surface area (Å²) in [6.45, 7) is 4.69. The molecule has 0 spiro atoms. The standard InChI is InChI=1S/C25H27FN5O/c1-18-14-25(31(28-18)24-16-21-5-3-2-4-20(21)15-23(24)26)27-17-19-6-10-29(11-7-19)22-8-12-30(32)13-9-22/h2-5,8-9,12-16,19,27,32H,6-7,10-11,17H2,1H3/q+1. The molecular formula is C25H27FN5O+. The van der Waals surface area contributed by atoms with Crippen LogP contribution >= 0.6 is 0 Å². The minimum Gasteiger partial charge on any atom is -0.371 e. The third kappa shape index (κ3) is 4.10. The molecule has 0 unspecified atom stereocenters. The number of fused-ring (bicyclic) bond motifs is 1. The highest BCUT2D eigenvalue weighted by atomic mass is 19.1. The second-order valence-electron chi connectivity index (χ2n) is 8.48. The van der Waals surface area contributed by atoms with Gasteiger partial charge in [-0.05, 0) is 48.6 Å². The number of aryl methyl sites for hydroxylation is 1. The highest BCUT2D eigenvalue weighted by molar-refractivity contribution is 5.84. The second kappa shape index (κ2) is 8.49. The lowest BCUT2D eigenvalue weighted by atomic mass is 9.96. The Morgan fingerprint density at radius 1 is 1.06 bits per heavy atom. The molecule has 32 heavy (non-hydrogen) atoms. The number of pyridine rings is 1. The summed E-state index contributed by atoms with van der Waals surface area (Å²) < 4.78 is 17.6. The summed E-state index contributed by atoms with van der Waals surface area (Å²) in [5.74, 6) is 1.06. The van der Waals surface area contributed by atoms with Crippen molar-refractivity contribution in [3.63, 3.8) is 0 Å². The van der Waals surface area contributed by atoms with Gasteiger partial charge >= 0.3 is 0 Å². The Labute approximate surface area is 186 Å². The molecule has 0 atom stereocenters. The summed E-state index contributed by atoms with van der Waals surface area (Å²) in [7, 11) is 0. The molecule has 2 aromatic carbocycles. The molecule has 0 saturated carbocycles. The number of anilines is 2. The first-order valence-corrected chi connectivity index (χ1v) is 11.0. The lowest BCUT2D eigenvalue weighted by Crippen LogP contribution is -2.37. The van der Waals surface area contributed by atoms with Crippen LogP contribution in [0.5, 0.6) is 0 Å². The Balaban J connectivity index is 1.28. The molecule has 0 aliphatic carbocycles. The van der Waals surface area contributed by atoms with Crippen LogP contribution in [0.1, 0.15) is 18.5 Å². The van der Waals surface area contributed by atoms with Crippen LogP contribution in [0.4, 0.5) is 15.9 Å². The van der Waals surface area contributed by atoms with Gasteiger partial charge in [-0.3, -0.25) is 5.21 Å². The van der Waals surface area contributed by atoms with E-state index >= 15 is 0 Å². The molecule has 1 aliphatic rings. The highest BCUT2D eigenvalue weighted by Crippen LogP contribution is 2.27. The molecule has 0 amide bonds. The third-order valence-electron chi connectivity index (χ3n) is 6.22. The van der Waals surface area contributed by atoms with Crippen LogP contribution in [0, 0.1) is 18.7 Å². The summed E-state index contributed by atoms with van der Waals surface area (Å²) in [5.41, 5.74) is 2.43. The number of nitrogens with zero attached hydrogens (tertiary/aromatic N) is 4. The van der Waals surface area contributed by atoms with E-state index in [2.05, 4.69) is 15.3 Å². The first-order valence-electron chi connectivity index (χ1n) is 11.0. The van der Waals surface area contributed by atoms with Gasteiger partial charge in [0.05, 0.1) is 5.69 Å². The zero-order valence-corrected chi connectivity index (χ0v) is 18.1. The molecule has 1 aliphatic heterocycles. The minimum atomic E-state index is -0.282. The number of aromatic nitrogens is 3. The van der Waals surface area contributed by atoms with E-state index in [0.717, 1.165) is 65.2 Å². The molecule has 7 heteroatoms. The van der Waals surface area contributed by atoms with Gasteiger partial charge in [0.2, 0.25) is 12.4 Å². The van der Waals surface area contributed by atoms with Crippen molar-refractivity contribution >= 4 is 22.3 Å². The predicted octanol–water partition coefficient (Wildman–Crippen LogP) is 4.33. The van der Waals surface area contributed by atoms with Crippen LogP contribution in [-0.2, 0) is 0 Å². The molecule has 2 aromatic heterocycles. The minimum absolute atomic E-state index is 0.282. The van der Waals surface area contributed by atoms with E-state index in [4.69, 9.17) is 0 Å². The van der Waals surface area contributed by atoms with Crippen LogP contribution in [0.25, 0.3) is 16.5 Å². The van der Waals surface area contributed by atoms with Crippen molar-refractivity contribution in [1.82, 2.24) is 9.78 Å². The maximum atomic E-state index is 14.9. The fourth-order valence-electron chi connectivity index (χ4n) is 4.44. The molecule has 1 saturated heterocycles. The largest absolute Gasteiger partial charge is 0.371 e. The van der Waals surface area contributed by atoms with E-state index in [0.29, 0.717) is 11.6 Å². The average molecular weight is 433 g/mol. The first-order chi connectivity index (χ1) is 15.6. The number of rotatable bonds is 5. The molecule has 3 heterocycles. The lowest BCUT2D eigenvalue weighted by molar-refractivity contribution is -0.904. The third-order valence-corrected chi connectivity index (χ3v) is 6.22. The number of hydrogen-bond donors (Lipinski definition) is 2. The maximum absolute atomic E-state index is 14.9. The Morgan fingerprint density at radius 2 is 1.75 bits per heavy atom. The maximum Gasteiger partial charge on any atom is 0.224 e. The average Bonchev–Trinajstić information content (AvgIpc) is 3.18. The van der Waals surface area contributed by atoms with Crippen LogP contribution in [-0.4, -0.2) is 34.6 Å². The van der Waals surface area contributed by atoms with Gasteiger partial charge in [-0.25, -0.2) is 9.07 Å². The second-order valence-corrected chi connectivity index (χ2v) is 8.48. The van der Waals surface area contributed by atoms with Crippen molar-refractivity contribution < 1.29 is 14.3 Å². The molecule has 164 valence electrons. The van der Waals surface area contributed by atoms with E-state index in [9.17, 15) is 9.60 Å². The molecule has 0 radical (unpaired) electrons. The predicted molar refractivity (Wildman–Crippen MR) is 123 cm³/mol. The van der Waals surface area contributed by atoms with Gasteiger partial charge in [-0.15, -0.1) is 0 Å². The number of nitrogens with one attached hydrogen (secondary N) is 1. The Bertz CT molecular complexity index is 1230. The number of benzene rings is 2. The lowest BCUT2D eigenvalue weighted by Gasteiger charge is -2.33. The zero-order chi connectivity index (χ0) is 22.1.